The third kappa shape index (κ3) is 2.23. The van der Waals surface area contributed by atoms with Crippen molar-refractivity contribution >= 4 is 23.1 Å². The van der Waals surface area contributed by atoms with Crippen molar-refractivity contribution in [2.24, 2.45) is 11.1 Å². The fourth-order valence-electron chi connectivity index (χ4n) is 2.52. The van der Waals surface area contributed by atoms with Gasteiger partial charge < -0.3 is 25.6 Å². The standard InChI is InChI=1S/C11H18N2O4S/c12-9(18)11(1-3-17-4-2-11)10(16)13-5-7(14)8(15)6-13/h7-8,14-15H,1-6H2,(H2,12,18). The van der Waals surface area contributed by atoms with Gasteiger partial charge in [0.25, 0.3) is 0 Å². The molecule has 0 bridgehead atoms. The van der Waals surface area contributed by atoms with Crippen molar-refractivity contribution < 1.29 is 19.7 Å². The van der Waals surface area contributed by atoms with E-state index in [0.717, 1.165) is 0 Å². The smallest absolute Gasteiger partial charge is 0.235 e. The van der Waals surface area contributed by atoms with Crippen LogP contribution >= 0.6 is 12.2 Å². The Kier molecular flexibility index (Phi) is 3.86. The lowest BCUT2D eigenvalue weighted by Crippen LogP contribution is -2.53. The van der Waals surface area contributed by atoms with E-state index in [9.17, 15) is 15.0 Å². The summed E-state index contributed by atoms with van der Waals surface area (Å²) in [5, 5.41) is 19.0. The second-order valence-corrected chi connectivity index (χ2v) is 5.34. The number of aliphatic hydroxyl groups excluding tert-OH is 2. The molecule has 0 aromatic heterocycles. The van der Waals surface area contributed by atoms with Crippen LogP contribution in [0.1, 0.15) is 12.8 Å². The zero-order valence-corrected chi connectivity index (χ0v) is 10.9. The fraction of sp³-hybridized carbons (Fsp3) is 0.818. The molecule has 0 spiro atoms. The predicted molar refractivity (Wildman–Crippen MR) is 67.9 cm³/mol. The molecule has 2 unspecified atom stereocenters. The number of rotatable bonds is 2. The molecule has 2 aliphatic rings. The van der Waals surface area contributed by atoms with Gasteiger partial charge in [-0.1, -0.05) is 12.2 Å². The molecular weight excluding hydrogens is 256 g/mol. The van der Waals surface area contributed by atoms with Crippen LogP contribution in [0.2, 0.25) is 0 Å². The molecule has 0 radical (unpaired) electrons. The zero-order valence-electron chi connectivity index (χ0n) is 10.0. The molecule has 102 valence electrons. The van der Waals surface area contributed by atoms with E-state index in [1.807, 2.05) is 0 Å². The van der Waals surface area contributed by atoms with Crippen molar-refractivity contribution in [3.8, 4) is 0 Å². The minimum Gasteiger partial charge on any atom is -0.392 e. The Bertz CT molecular complexity index is 347. The number of hydrogen-bond acceptors (Lipinski definition) is 5. The van der Waals surface area contributed by atoms with Crippen molar-refractivity contribution in [3.63, 3.8) is 0 Å². The van der Waals surface area contributed by atoms with Crippen LogP contribution in [-0.2, 0) is 9.53 Å². The largest absolute Gasteiger partial charge is 0.392 e. The minimum absolute atomic E-state index is 0.130. The highest BCUT2D eigenvalue weighted by molar-refractivity contribution is 7.80. The predicted octanol–water partition coefficient (Wildman–Crippen LogP) is -1.37. The number of carbonyl (C=O) groups is 1. The third-order valence-corrected chi connectivity index (χ3v) is 4.16. The van der Waals surface area contributed by atoms with E-state index in [1.165, 1.54) is 4.90 Å². The summed E-state index contributed by atoms with van der Waals surface area (Å²) < 4.78 is 5.25. The van der Waals surface area contributed by atoms with Gasteiger partial charge >= 0.3 is 0 Å². The summed E-state index contributed by atoms with van der Waals surface area (Å²) in [6, 6.07) is 0. The van der Waals surface area contributed by atoms with Crippen molar-refractivity contribution in [1.29, 1.82) is 0 Å². The molecule has 2 aliphatic heterocycles. The second kappa shape index (κ2) is 5.08. The van der Waals surface area contributed by atoms with Crippen LogP contribution in [0.4, 0.5) is 0 Å². The molecular formula is C11H18N2O4S. The average molecular weight is 274 g/mol. The van der Waals surface area contributed by atoms with Gasteiger partial charge in [-0.3, -0.25) is 4.79 Å². The molecule has 6 nitrogen and oxygen atoms in total. The van der Waals surface area contributed by atoms with Crippen LogP contribution in [0, 0.1) is 5.41 Å². The van der Waals surface area contributed by atoms with Gasteiger partial charge in [-0.25, -0.2) is 0 Å². The summed E-state index contributed by atoms with van der Waals surface area (Å²) in [6.45, 7) is 1.15. The van der Waals surface area contributed by atoms with Gasteiger partial charge in [0.1, 0.15) is 5.41 Å². The van der Waals surface area contributed by atoms with E-state index in [4.69, 9.17) is 22.7 Å². The maximum Gasteiger partial charge on any atom is 0.235 e. The number of aliphatic hydroxyl groups is 2. The number of β-amino-alcohol motifs (C(OH)–C–C–N with tert-alkyl or cyclic N) is 2. The number of carbonyl (C=O) groups excluding carboxylic acids is 1. The van der Waals surface area contributed by atoms with E-state index in [1.54, 1.807) is 0 Å². The van der Waals surface area contributed by atoms with Gasteiger partial charge in [0.15, 0.2) is 0 Å². The van der Waals surface area contributed by atoms with Crippen LogP contribution in [-0.4, -0.2) is 64.5 Å². The van der Waals surface area contributed by atoms with Gasteiger partial charge in [0.2, 0.25) is 5.91 Å². The number of nitrogens with two attached hydrogens (primary N) is 1. The minimum atomic E-state index is -0.891. The third-order valence-electron chi connectivity index (χ3n) is 3.77. The van der Waals surface area contributed by atoms with Crippen molar-refractivity contribution in [1.82, 2.24) is 4.90 Å². The van der Waals surface area contributed by atoms with Crippen LogP contribution in [0.25, 0.3) is 0 Å². The summed E-state index contributed by atoms with van der Waals surface area (Å²) >= 11 is 5.05. The quantitative estimate of drug-likeness (QED) is 0.538. The number of nitrogens with zero attached hydrogens (tertiary/aromatic N) is 1. The van der Waals surface area contributed by atoms with Gasteiger partial charge in [-0.15, -0.1) is 0 Å². The highest BCUT2D eigenvalue weighted by Crippen LogP contribution is 2.34. The van der Waals surface area contributed by atoms with Gasteiger partial charge in [0.05, 0.1) is 17.2 Å². The molecule has 2 saturated heterocycles. The molecule has 2 fully saturated rings. The Balaban J connectivity index is 2.16. The molecule has 0 saturated carbocycles. The van der Waals surface area contributed by atoms with Crippen LogP contribution in [0.5, 0.6) is 0 Å². The van der Waals surface area contributed by atoms with Crippen molar-refractivity contribution in [2.45, 2.75) is 25.0 Å². The first-order chi connectivity index (χ1) is 8.47. The van der Waals surface area contributed by atoms with Crippen molar-refractivity contribution in [3.05, 3.63) is 0 Å². The van der Waals surface area contributed by atoms with E-state index in [2.05, 4.69) is 0 Å². The lowest BCUT2D eigenvalue weighted by Gasteiger charge is -2.37. The van der Waals surface area contributed by atoms with E-state index in [-0.39, 0.29) is 24.0 Å². The highest BCUT2D eigenvalue weighted by atomic mass is 32.1. The van der Waals surface area contributed by atoms with Crippen molar-refractivity contribution in [2.75, 3.05) is 26.3 Å². The van der Waals surface area contributed by atoms with Crippen LogP contribution in [0.3, 0.4) is 0 Å². The Hall–Kier alpha value is -0.760. The molecule has 1 amide bonds. The normalized spacial score (nSPS) is 31.3. The maximum atomic E-state index is 12.5. The average Bonchev–Trinajstić information content (AvgIpc) is 2.69. The lowest BCUT2D eigenvalue weighted by molar-refractivity contribution is -0.141. The summed E-state index contributed by atoms with van der Waals surface area (Å²) in [4.78, 5) is 14.2. The summed E-state index contributed by atoms with van der Waals surface area (Å²) in [7, 11) is 0. The molecule has 0 aromatic rings. The van der Waals surface area contributed by atoms with E-state index in [0.29, 0.717) is 26.1 Å². The lowest BCUT2D eigenvalue weighted by atomic mass is 9.78. The number of thiocarbonyl (C=S) groups is 1. The first-order valence-corrected chi connectivity index (χ1v) is 6.41. The van der Waals surface area contributed by atoms with Crippen LogP contribution in [0.15, 0.2) is 0 Å². The first-order valence-electron chi connectivity index (χ1n) is 6.00. The Morgan fingerprint density at radius 3 is 2.22 bits per heavy atom. The second-order valence-electron chi connectivity index (χ2n) is 4.90. The number of ether oxygens (including phenoxy) is 1. The molecule has 2 heterocycles. The molecule has 0 aromatic carbocycles. The topological polar surface area (TPSA) is 96.0 Å². The fourth-order valence-corrected chi connectivity index (χ4v) is 2.81. The number of likely N-dealkylation sites (tertiary alicyclic amines) is 1. The Morgan fingerprint density at radius 2 is 1.78 bits per heavy atom. The first kappa shape index (κ1) is 13.7. The molecule has 4 N–H and O–H groups in total. The Labute approximate surface area is 111 Å². The molecule has 18 heavy (non-hydrogen) atoms. The van der Waals surface area contributed by atoms with Gasteiger partial charge in [-0.05, 0) is 12.8 Å². The molecule has 2 rings (SSSR count). The van der Waals surface area contributed by atoms with E-state index >= 15 is 0 Å². The van der Waals surface area contributed by atoms with Crippen LogP contribution < -0.4 is 5.73 Å². The SMILES string of the molecule is NC(=S)C1(C(=O)N2CC(O)C(O)C2)CCOCC1. The molecule has 0 aliphatic carbocycles. The highest BCUT2D eigenvalue weighted by Gasteiger charge is 2.47. The summed E-state index contributed by atoms with van der Waals surface area (Å²) in [5.74, 6) is -0.200. The molecule has 7 heteroatoms. The van der Waals surface area contributed by atoms with Gasteiger partial charge in [-0.2, -0.15) is 0 Å². The Morgan fingerprint density at radius 1 is 1.28 bits per heavy atom. The summed E-state index contributed by atoms with van der Waals surface area (Å²) in [6.07, 6.45) is -0.859. The van der Waals surface area contributed by atoms with Gasteiger partial charge in [0, 0.05) is 26.3 Å². The summed E-state index contributed by atoms with van der Waals surface area (Å²) in [5.41, 5.74) is 4.87. The zero-order chi connectivity index (χ0) is 13.3. The number of amides is 1. The number of hydrogen-bond donors (Lipinski definition) is 3. The molecule has 2 atom stereocenters. The monoisotopic (exact) mass is 274 g/mol. The van der Waals surface area contributed by atoms with E-state index < -0.39 is 17.6 Å². The maximum absolute atomic E-state index is 12.5.